The van der Waals surface area contributed by atoms with Crippen LogP contribution >= 0.6 is 11.6 Å². The molecule has 6 heteroatoms. The van der Waals surface area contributed by atoms with Gasteiger partial charge in [0.1, 0.15) is 10.5 Å². The minimum Gasteiger partial charge on any atom is -0.319 e. The number of aromatic amines is 1. The second kappa shape index (κ2) is 4.94. The third-order valence-electron chi connectivity index (χ3n) is 2.94. The molecule has 0 saturated carbocycles. The normalized spacial score (nSPS) is 10.8. The summed E-state index contributed by atoms with van der Waals surface area (Å²) in [6, 6.07) is 12.4. The van der Waals surface area contributed by atoms with E-state index in [1.165, 1.54) is 10.7 Å². The molecule has 2 heterocycles. The summed E-state index contributed by atoms with van der Waals surface area (Å²) >= 11 is 6.03. The Morgan fingerprint density at radius 2 is 1.85 bits per heavy atom. The van der Waals surface area contributed by atoms with Crippen molar-refractivity contribution in [2.24, 2.45) is 0 Å². The van der Waals surface area contributed by atoms with Gasteiger partial charge in [0.25, 0.3) is 5.56 Å². The molecule has 0 radical (unpaired) electrons. The monoisotopic (exact) mass is 287 g/mol. The summed E-state index contributed by atoms with van der Waals surface area (Å²) in [7, 11) is 0. The molecule has 0 unspecified atom stereocenters. The van der Waals surface area contributed by atoms with Gasteiger partial charge in [0.15, 0.2) is 0 Å². The van der Waals surface area contributed by atoms with Crippen LogP contribution in [0, 0.1) is 0 Å². The summed E-state index contributed by atoms with van der Waals surface area (Å²) in [6.07, 6.45) is 0. The van der Waals surface area contributed by atoms with Crippen LogP contribution in [0.25, 0.3) is 11.0 Å². The summed E-state index contributed by atoms with van der Waals surface area (Å²) in [5.74, 6) is 0. The Morgan fingerprint density at radius 1 is 1.10 bits per heavy atom. The van der Waals surface area contributed by atoms with E-state index in [0.717, 1.165) is 5.56 Å². The van der Waals surface area contributed by atoms with E-state index in [2.05, 4.69) is 10.1 Å². The van der Waals surface area contributed by atoms with Crippen molar-refractivity contribution in [2.45, 2.75) is 6.54 Å². The zero-order valence-electron chi connectivity index (χ0n) is 10.3. The maximum absolute atomic E-state index is 12.1. The van der Waals surface area contributed by atoms with E-state index >= 15 is 0 Å². The van der Waals surface area contributed by atoms with Gasteiger partial charge in [0, 0.05) is 6.07 Å². The van der Waals surface area contributed by atoms with Gasteiger partial charge in [-0.1, -0.05) is 41.9 Å². The van der Waals surface area contributed by atoms with Crippen molar-refractivity contribution >= 4 is 22.6 Å². The lowest BCUT2D eigenvalue weighted by Crippen LogP contribution is -2.25. The summed E-state index contributed by atoms with van der Waals surface area (Å²) in [5.41, 5.74) is 0.951. The minimum absolute atomic E-state index is 0.0244. The lowest BCUT2D eigenvalue weighted by atomic mass is 10.2. The number of aromatic nitrogens is 3. The van der Waals surface area contributed by atoms with Gasteiger partial charge in [-0.3, -0.25) is 9.59 Å². The molecule has 1 aromatic carbocycles. The van der Waals surface area contributed by atoms with Crippen LogP contribution in [0.4, 0.5) is 0 Å². The number of halogens is 1. The third kappa shape index (κ3) is 2.23. The van der Waals surface area contributed by atoms with Gasteiger partial charge in [0.05, 0.1) is 12.1 Å². The zero-order valence-corrected chi connectivity index (χ0v) is 11.1. The standard InChI is InChI=1S/C14H10ClN3O2/c15-12-13-10(6-7-11(19)16-13)17-18(14(12)20)8-9-4-2-1-3-5-9/h1-7H,8H2,(H,16,19). The van der Waals surface area contributed by atoms with Crippen molar-refractivity contribution in [1.29, 1.82) is 0 Å². The minimum atomic E-state index is -0.426. The highest BCUT2D eigenvalue weighted by atomic mass is 35.5. The van der Waals surface area contributed by atoms with Crippen molar-refractivity contribution in [3.05, 3.63) is 73.8 Å². The van der Waals surface area contributed by atoms with E-state index in [0.29, 0.717) is 12.1 Å². The maximum atomic E-state index is 12.1. The molecule has 5 nitrogen and oxygen atoms in total. The fourth-order valence-corrected chi connectivity index (χ4v) is 2.22. The Morgan fingerprint density at radius 3 is 2.60 bits per heavy atom. The molecule has 0 bridgehead atoms. The predicted molar refractivity (Wildman–Crippen MR) is 77.2 cm³/mol. The lowest BCUT2D eigenvalue weighted by Gasteiger charge is -2.07. The molecule has 0 atom stereocenters. The Hall–Kier alpha value is -2.40. The molecule has 0 saturated heterocycles. The number of nitrogens with zero attached hydrogens (tertiary/aromatic N) is 2. The van der Waals surface area contributed by atoms with Crippen LogP contribution in [0.2, 0.25) is 5.02 Å². The number of pyridine rings is 1. The number of benzene rings is 1. The highest BCUT2D eigenvalue weighted by Gasteiger charge is 2.10. The first-order valence-corrected chi connectivity index (χ1v) is 6.36. The van der Waals surface area contributed by atoms with E-state index in [1.807, 2.05) is 30.3 Å². The molecule has 20 heavy (non-hydrogen) atoms. The second-order valence-electron chi connectivity index (χ2n) is 4.35. The van der Waals surface area contributed by atoms with Crippen LogP contribution in [0.1, 0.15) is 5.56 Å². The number of rotatable bonds is 2. The highest BCUT2D eigenvalue weighted by Crippen LogP contribution is 2.13. The Balaban J connectivity index is 2.18. The molecule has 0 spiro atoms. The zero-order chi connectivity index (χ0) is 14.1. The third-order valence-corrected chi connectivity index (χ3v) is 3.29. The molecule has 0 aliphatic heterocycles. The number of H-pyrrole nitrogens is 1. The second-order valence-corrected chi connectivity index (χ2v) is 4.72. The van der Waals surface area contributed by atoms with E-state index in [9.17, 15) is 9.59 Å². The number of fused-ring (bicyclic) bond motifs is 1. The predicted octanol–water partition coefficient (Wildman–Crippen LogP) is 1.79. The molecular weight excluding hydrogens is 278 g/mol. The fraction of sp³-hybridized carbons (Fsp3) is 0.0714. The Bertz CT molecular complexity index is 884. The molecule has 1 N–H and O–H groups in total. The smallest absolute Gasteiger partial charge is 0.288 e. The topological polar surface area (TPSA) is 67.8 Å². The summed E-state index contributed by atoms with van der Waals surface area (Å²) in [6.45, 7) is 0.328. The molecular formula is C14H10ClN3O2. The fourth-order valence-electron chi connectivity index (χ4n) is 1.98. The summed E-state index contributed by atoms with van der Waals surface area (Å²) in [5, 5.41) is 4.20. The lowest BCUT2D eigenvalue weighted by molar-refractivity contribution is 0.653. The van der Waals surface area contributed by atoms with Gasteiger partial charge in [0.2, 0.25) is 5.56 Å². The van der Waals surface area contributed by atoms with E-state index in [1.54, 1.807) is 6.07 Å². The summed E-state index contributed by atoms with van der Waals surface area (Å²) < 4.78 is 1.29. The van der Waals surface area contributed by atoms with Crippen molar-refractivity contribution < 1.29 is 0 Å². The number of hydrogen-bond donors (Lipinski definition) is 1. The van der Waals surface area contributed by atoms with Crippen molar-refractivity contribution in [1.82, 2.24) is 14.8 Å². The van der Waals surface area contributed by atoms with E-state index in [-0.39, 0.29) is 16.1 Å². The van der Waals surface area contributed by atoms with Gasteiger partial charge in [-0.15, -0.1) is 0 Å². The highest BCUT2D eigenvalue weighted by molar-refractivity contribution is 6.34. The van der Waals surface area contributed by atoms with Crippen molar-refractivity contribution in [3.8, 4) is 0 Å². The molecule has 3 rings (SSSR count). The molecule has 0 aliphatic rings. The molecule has 2 aromatic heterocycles. The first kappa shape index (κ1) is 12.6. The van der Waals surface area contributed by atoms with Gasteiger partial charge in [-0.25, -0.2) is 4.68 Å². The van der Waals surface area contributed by atoms with E-state index < -0.39 is 5.56 Å². The van der Waals surface area contributed by atoms with Gasteiger partial charge >= 0.3 is 0 Å². The quantitative estimate of drug-likeness (QED) is 0.781. The first-order valence-electron chi connectivity index (χ1n) is 5.99. The average molecular weight is 288 g/mol. The molecule has 3 aromatic rings. The maximum Gasteiger partial charge on any atom is 0.288 e. The van der Waals surface area contributed by atoms with Gasteiger partial charge in [-0.2, -0.15) is 5.10 Å². The molecule has 100 valence electrons. The van der Waals surface area contributed by atoms with Crippen LogP contribution in [0.5, 0.6) is 0 Å². The Labute approximate surface area is 118 Å². The van der Waals surface area contributed by atoms with Crippen molar-refractivity contribution in [2.75, 3.05) is 0 Å². The largest absolute Gasteiger partial charge is 0.319 e. The van der Waals surface area contributed by atoms with Crippen LogP contribution in [0.15, 0.2) is 52.1 Å². The van der Waals surface area contributed by atoms with E-state index in [4.69, 9.17) is 11.6 Å². The molecule has 0 aliphatic carbocycles. The van der Waals surface area contributed by atoms with Crippen LogP contribution in [-0.2, 0) is 6.54 Å². The van der Waals surface area contributed by atoms with Crippen molar-refractivity contribution in [3.63, 3.8) is 0 Å². The number of hydrogen-bond acceptors (Lipinski definition) is 3. The van der Waals surface area contributed by atoms with Gasteiger partial charge < -0.3 is 4.98 Å². The summed E-state index contributed by atoms with van der Waals surface area (Å²) in [4.78, 5) is 25.9. The van der Waals surface area contributed by atoms with Gasteiger partial charge in [-0.05, 0) is 11.6 Å². The van der Waals surface area contributed by atoms with Crippen LogP contribution < -0.4 is 11.1 Å². The first-order chi connectivity index (χ1) is 9.65. The van der Waals surface area contributed by atoms with Crippen LogP contribution in [0.3, 0.4) is 0 Å². The molecule has 0 amide bonds. The number of nitrogens with one attached hydrogen (secondary N) is 1. The average Bonchev–Trinajstić information content (AvgIpc) is 2.46. The SMILES string of the molecule is O=c1ccc2nn(Cc3ccccc3)c(=O)c(Cl)c2[nH]1. The Kier molecular flexibility index (Phi) is 3.12. The molecule has 0 fully saturated rings. The van der Waals surface area contributed by atoms with Crippen LogP contribution in [-0.4, -0.2) is 14.8 Å².